The highest BCUT2D eigenvalue weighted by Gasteiger charge is 2.19. The van der Waals surface area contributed by atoms with Crippen LogP contribution >= 0.6 is 0 Å². The highest BCUT2D eigenvalue weighted by molar-refractivity contribution is 5.50. The van der Waals surface area contributed by atoms with Crippen molar-refractivity contribution in [2.75, 3.05) is 25.1 Å². The van der Waals surface area contributed by atoms with E-state index in [2.05, 4.69) is 19.2 Å². The highest BCUT2D eigenvalue weighted by Crippen LogP contribution is 2.26. The van der Waals surface area contributed by atoms with Crippen LogP contribution in [-0.2, 0) is 0 Å². The van der Waals surface area contributed by atoms with Crippen LogP contribution in [-0.4, -0.2) is 31.3 Å². The van der Waals surface area contributed by atoms with Gasteiger partial charge in [-0.1, -0.05) is 19.9 Å². The molecule has 0 bridgehead atoms. The number of nitrogens with zero attached hydrogens (tertiary/aromatic N) is 1. The smallest absolute Gasteiger partial charge is 0.146 e. The Bertz CT molecular complexity index is 407. The lowest BCUT2D eigenvalue weighted by Crippen LogP contribution is -2.37. The van der Waals surface area contributed by atoms with E-state index >= 15 is 0 Å². The van der Waals surface area contributed by atoms with Gasteiger partial charge in [0, 0.05) is 18.6 Å². The number of rotatable bonds is 8. The first kappa shape index (κ1) is 16.9. The van der Waals surface area contributed by atoms with E-state index in [0.717, 1.165) is 18.4 Å². The molecule has 0 fully saturated rings. The zero-order chi connectivity index (χ0) is 15.1. The predicted molar refractivity (Wildman–Crippen MR) is 82.7 cm³/mol. The van der Waals surface area contributed by atoms with Crippen LogP contribution in [0, 0.1) is 5.82 Å². The van der Waals surface area contributed by atoms with E-state index in [4.69, 9.17) is 0 Å². The van der Waals surface area contributed by atoms with Crippen molar-refractivity contribution < 1.29 is 9.50 Å². The lowest BCUT2D eigenvalue weighted by molar-refractivity contribution is 0.295. The molecule has 0 aromatic heterocycles. The Hall–Kier alpha value is -1.13. The fraction of sp³-hybridized carbons (Fsp3) is 0.625. The molecule has 1 atom stereocenters. The normalized spacial score (nSPS) is 12.8. The Labute approximate surface area is 121 Å². The molecule has 0 aliphatic heterocycles. The number of hydrogen-bond acceptors (Lipinski definition) is 3. The van der Waals surface area contributed by atoms with Crippen molar-refractivity contribution in [3.05, 3.63) is 29.6 Å². The van der Waals surface area contributed by atoms with Crippen molar-refractivity contribution in [1.82, 2.24) is 5.32 Å². The van der Waals surface area contributed by atoms with Gasteiger partial charge in [-0.05, 0) is 44.5 Å². The molecule has 0 radical (unpaired) electrons. The van der Waals surface area contributed by atoms with Crippen molar-refractivity contribution in [2.24, 2.45) is 0 Å². The molecular formula is C16H27FN2O. The summed E-state index contributed by atoms with van der Waals surface area (Å²) in [7, 11) is 1.86. The Balaban J connectivity index is 3.08. The summed E-state index contributed by atoms with van der Waals surface area (Å²) in [5.41, 5.74) is 1.52. The second kappa shape index (κ2) is 8.22. The number of anilines is 1. The van der Waals surface area contributed by atoms with Gasteiger partial charge in [-0.2, -0.15) is 0 Å². The van der Waals surface area contributed by atoms with Gasteiger partial charge < -0.3 is 15.3 Å². The Morgan fingerprint density at radius 3 is 2.40 bits per heavy atom. The van der Waals surface area contributed by atoms with E-state index in [0.29, 0.717) is 12.2 Å². The van der Waals surface area contributed by atoms with Gasteiger partial charge in [-0.15, -0.1) is 0 Å². The van der Waals surface area contributed by atoms with Gasteiger partial charge in [-0.3, -0.25) is 0 Å². The SMILES string of the molecule is CCC(CC)N(CCO)c1ccc(C(C)NC)cc1F. The monoisotopic (exact) mass is 282 g/mol. The van der Waals surface area contributed by atoms with Crippen molar-refractivity contribution in [3.63, 3.8) is 0 Å². The molecular weight excluding hydrogens is 255 g/mol. The Kier molecular flexibility index (Phi) is 6.96. The van der Waals surface area contributed by atoms with Crippen LogP contribution < -0.4 is 10.2 Å². The van der Waals surface area contributed by atoms with Gasteiger partial charge in [0.2, 0.25) is 0 Å². The standard InChI is InChI=1S/C16H27FN2O/c1-5-14(6-2)19(9-10-20)16-8-7-13(11-15(16)17)12(3)18-4/h7-8,11-12,14,18,20H,5-6,9-10H2,1-4H3. The summed E-state index contributed by atoms with van der Waals surface area (Å²) in [6.45, 7) is 6.68. The maximum Gasteiger partial charge on any atom is 0.146 e. The minimum Gasteiger partial charge on any atom is -0.395 e. The molecule has 4 heteroatoms. The van der Waals surface area contributed by atoms with Crippen molar-refractivity contribution >= 4 is 5.69 Å². The quantitative estimate of drug-likeness (QED) is 0.769. The third kappa shape index (κ3) is 3.93. The van der Waals surface area contributed by atoms with Crippen LogP contribution in [0.1, 0.15) is 45.2 Å². The molecule has 3 nitrogen and oxygen atoms in total. The van der Waals surface area contributed by atoms with Crippen LogP contribution in [0.4, 0.5) is 10.1 Å². The largest absolute Gasteiger partial charge is 0.395 e. The zero-order valence-electron chi connectivity index (χ0n) is 13.0. The third-order valence-corrected chi connectivity index (χ3v) is 3.94. The van der Waals surface area contributed by atoms with Crippen molar-refractivity contribution in [2.45, 2.75) is 45.7 Å². The molecule has 0 heterocycles. The summed E-state index contributed by atoms with van der Waals surface area (Å²) in [6, 6.07) is 5.74. The molecule has 1 rings (SSSR count). The molecule has 0 saturated heterocycles. The number of hydrogen-bond donors (Lipinski definition) is 2. The number of aliphatic hydroxyl groups excluding tert-OH is 1. The Morgan fingerprint density at radius 1 is 1.30 bits per heavy atom. The predicted octanol–water partition coefficient (Wildman–Crippen LogP) is 3.09. The van der Waals surface area contributed by atoms with E-state index in [1.807, 2.05) is 31.0 Å². The average molecular weight is 282 g/mol. The number of benzene rings is 1. The first-order valence-corrected chi connectivity index (χ1v) is 7.43. The molecule has 0 aliphatic carbocycles. The van der Waals surface area contributed by atoms with Crippen LogP contribution in [0.25, 0.3) is 0 Å². The second-order valence-corrected chi connectivity index (χ2v) is 5.11. The number of aliphatic hydroxyl groups is 1. The first-order valence-electron chi connectivity index (χ1n) is 7.43. The average Bonchev–Trinajstić information content (AvgIpc) is 2.46. The van der Waals surface area contributed by atoms with Gasteiger partial charge in [0.15, 0.2) is 0 Å². The van der Waals surface area contributed by atoms with E-state index in [9.17, 15) is 9.50 Å². The van der Waals surface area contributed by atoms with Crippen LogP contribution in [0.5, 0.6) is 0 Å². The molecule has 1 aromatic carbocycles. The number of nitrogens with one attached hydrogen (secondary N) is 1. The molecule has 1 aromatic rings. The summed E-state index contributed by atoms with van der Waals surface area (Å²) in [5, 5.41) is 12.3. The molecule has 114 valence electrons. The molecule has 0 amide bonds. The maximum atomic E-state index is 14.4. The summed E-state index contributed by atoms with van der Waals surface area (Å²) in [6.07, 6.45) is 1.87. The fourth-order valence-electron chi connectivity index (χ4n) is 2.53. The van der Waals surface area contributed by atoms with Crippen molar-refractivity contribution in [3.8, 4) is 0 Å². The lowest BCUT2D eigenvalue weighted by atomic mass is 10.1. The van der Waals surface area contributed by atoms with Gasteiger partial charge in [0.1, 0.15) is 5.82 Å². The zero-order valence-corrected chi connectivity index (χ0v) is 13.0. The molecule has 0 spiro atoms. The maximum absolute atomic E-state index is 14.4. The van der Waals surface area contributed by atoms with E-state index in [-0.39, 0.29) is 24.5 Å². The van der Waals surface area contributed by atoms with Crippen LogP contribution in [0.15, 0.2) is 18.2 Å². The van der Waals surface area contributed by atoms with E-state index in [1.165, 1.54) is 0 Å². The molecule has 0 aliphatic rings. The summed E-state index contributed by atoms with van der Waals surface area (Å²) in [5.74, 6) is -0.218. The van der Waals surface area contributed by atoms with Gasteiger partial charge in [0.05, 0.1) is 12.3 Å². The van der Waals surface area contributed by atoms with Gasteiger partial charge >= 0.3 is 0 Å². The molecule has 2 N–H and O–H groups in total. The highest BCUT2D eigenvalue weighted by atomic mass is 19.1. The topological polar surface area (TPSA) is 35.5 Å². The van der Waals surface area contributed by atoms with E-state index < -0.39 is 0 Å². The van der Waals surface area contributed by atoms with Gasteiger partial charge in [0.25, 0.3) is 0 Å². The minimum atomic E-state index is -0.218. The van der Waals surface area contributed by atoms with Gasteiger partial charge in [-0.25, -0.2) is 4.39 Å². The van der Waals surface area contributed by atoms with Crippen molar-refractivity contribution in [1.29, 1.82) is 0 Å². The van der Waals surface area contributed by atoms with Crippen LogP contribution in [0.3, 0.4) is 0 Å². The van der Waals surface area contributed by atoms with E-state index in [1.54, 1.807) is 6.07 Å². The second-order valence-electron chi connectivity index (χ2n) is 5.11. The third-order valence-electron chi connectivity index (χ3n) is 3.94. The Morgan fingerprint density at radius 2 is 1.95 bits per heavy atom. The first-order chi connectivity index (χ1) is 9.58. The lowest BCUT2D eigenvalue weighted by Gasteiger charge is -2.32. The summed E-state index contributed by atoms with van der Waals surface area (Å²) < 4.78 is 14.4. The fourth-order valence-corrected chi connectivity index (χ4v) is 2.53. The summed E-state index contributed by atoms with van der Waals surface area (Å²) in [4.78, 5) is 1.98. The molecule has 1 unspecified atom stereocenters. The number of halogens is 1. The minimum absolute atomic E-state index is 0.0324. The molecule has 0 saturated carbocycles. The van der Waals surface area contributed by atoms with Crippen LogP contribution in [0.2, 0.25) is 0 Å². The summed E-state index contributed by atoms with van der Waals surface area (Å²) >= 11 is 0. The molecule has 20 heavy (non-hydrogen) atoms.